The first kappa shape index (κ1) is 15.5. The number of hydrogen-bond acceptors (Lipinski definition) is 3. The van der Waals surface area contributed by atoms with Crippen LogP contribution in [-0.4, -0.2) is 13.2 Å². The van der Waals surface area contributed by atoms with E-state index in [2.05, 4.69) is 70.8 Å². The lowest BCUT2D eigenvalue weighted by Crippen LogP contribution is -2.21. The standard InChI is InChI=1S/C16H20BrNOS/c1-3-9-19-14-7-5-12(6-8-14)16(18-4-2)13-10-15(17)20-11-13/h5-8,10-11,16,18H,3-4,9H2,1-2H3. The molecule has 108 valence electrons. The molecule has 1 unspecified atom stereocenters. The first-order valence-corrected chi connectivity index (χ1v) is 8.62. The van der Waals surface area contributed by atoms with Gasteiger partial charge in [-0.3, -0.25) is 0 Å². The third-order valence-corrected chi connectivity index (χ3v) is 4.54. The van der Waals surface area contributed by atoms with Crippen LogP contribution in [0, 0.1) is 0 Å². The monoisotopic (exact) mass is 353 g/mol. The molecule has 0 spiro atoms. The van der Waals surface area contributed by atoms with E-state index in [1.165, 1.54) is 14.9 Å². The molecule has 0 aliphatic carbocycles. The second-order valence-corrected chi connectivity index (χ2v) is 6.88. The van der Waals surface area contributed by atoms with Crippen LogP contribution in [-0.2, 0) is 0 Å². The summed E-state index contributed by atoms with van der Waals surface area (Å²) in [7, 11) is 0. The molecule has 0 amide bonds. The summed E-state index contributed by atoms with van der Waals surface area (Å²) in [6, 6.07) is 10.8. The number of halogens is 1. The molecule has 20 heavy (non-hydrogen) atoms. The van der Waals surface area contributed by atoms with E-state index >= 15 is 0 Å². The van der Waals surface area contributed by atoms with Crippen LogP contribution in [0.4, 0.5) is 0 Å². The predicted molar refractivity (Wildman–Crippen MR) is 89.8 cm³/mol. The summed E-state index contributed by atoms with van der Waals surface area (Å²) in [6.45, 7) is 5.96. The van der Waals surface area contributed by atoms with E-state index in [0.29, 0.717) is 0 Å². The highest BCUT2D eigenvalue weighted by Gasteiger charge is 2.14. The van der Waals surface area contributed by atoms with E-state index in [9.17, 15) is 0 Å². The second-order valence-electron chi connectivity index (χ2n) is 4.59. The Balaban J connectivity index is 2.17. The second kappa shape index (κ2) is 7.81. The average molecular weight is 354 g/mol. The largest absolute Gasteiger partial charge is 0.494 e. The van der Waals surface area contributed by atoms with Crippen LogP contribution in [0.5, 0.6) is 5.75 Å². The molecule has 1 heterocycles. The summed E-state index contributed by atoms with van der Waals surface area (Å²) >= 11 is 5.25. The summed E-state index contributed by atoms with van der Waals surface area (Å²) < 4.78 is 6.80. The van der Waals surface area contributed by atoms with Gasteiger partial charge in [-0.05, 0) is 63.6 Å². The fourth-order valence-corrected chi connectivity index (χ4v) is 3.29. The highest BCUT2D eigenvalue weighted by molar-refractivity contribution is 9.11. The van der Waals surface area contributed by atoms with Gasteiger partial charge in [0.1, 0.15) is 5.75 Å². The maximum atomic E-state index is 5.63. The van der Waals surface area contributed by atoms with Gasteiger partial charge in [-0.25, -0.2) is 0 Å². The zero-order valence-electron chi connectivity index (χ0n) is 11.9. The van der Waals surface area contributed by atoms with Gasteiger partial charge in [0.25, 0.3) is 0 Å². The molecule has 1 atom stereocenters. The van der Waals surface area contributed by atoms with Crippen LogP contribution in [0.2, 0.25) is 0 Å². The summed E-state index contributed by atoms with van der Waals surface area (Å²) in [6.07, 6.45) is 1.03. The Morgan fingerprint density at radius 3 is 2.50 bits per heavy atom. The van der Waals surface area contributed by atoms with Gasteiger partial charge in [0.2, 0.25) is 0 Å². The third kappa shape index (κ3) is 4.08. The fourth-order valence-electron chi connectivity index (χ4n) is 2.08. The lowest BCUT2D eigenvalue weighted by Gasteiger charge is -2.18. The van der Waals surface area contributed by atoms with Crippen molar-refractivity contribution in [3.8, 4) is 5.75 Å². The number of hydrogen-bond donors (Lipinski definition) is 1. The van der Waals surface area contributed by atoms with E-state index in [-0.39, 0.29) is 6.04 Å². The van der Waals surface area contributed by atoms with Crippen molar-refractivity contribution in [3.05, 3.63) is 50.6 Å². The number of rotatable bonds is 7. The minimum absolute atomic E-state index is 0.239. The Morgan fingerprint density at radius 1 is 1.20 bits per heavy atom. The summed E-state index contributed by atoms with van der Waals surface area (Å²) in [5.41, 5.74) is 2.56. The molecule has 0 fully saturated rings. The smallest absolute Gasteiger partial charge is 0.119 e. The molecule has 2 nitrogen and oxygen atoms in total. The van der Waals surface area contributed by atoms with Crippen molar-refractivity contribution in [2.24, 2.45) is 0 Å². The van der Waals surface area contributed by atoms with Crippen LogP contribution < -0.4 is 10.1 Å². The Bertz CT molecular complexity index is 524. The van der Waals surface area contributed by atoms with Crippen LogP contribution in [0.1, 0.15) is 37.4 Å². The molecule has 1 N–H and O–H groups in total. The molecule has 0 saturated heterocycles. The molecule has 2 aromatic rings. The number of thiophene rings is 1. The number of nitrogens with one attached hydrogen (secondary N) is 1. The highest BCUT2D eigenvalue weighted by Crippen LogP contribution is 2.30. The lowest BCUT2D eigenvalue weighted by molar-refractivity contribution is 0.317. The molecule has 0 aliphatic rings. The SMILES string of the molecule is CCCOc1ccc(C(NCC)c2csc(Br)c2)cc1. The van der Waals surface area contributed by atoms with Crippen molar-refractivity contribution < 1.29 is 4.74 Å². The molecular formula is C16H20BrNOS. The Hall–Kier alpha value is -0.840. The molecular weight excluding hydrogens is 334 g/mol. The normalized spacial score (nSPS) is 12.3. The molecule has 1 aromatic carbocycles. The fraction of sp³-hybridized carbons (Fsp3) is 0.375. The van der Waals surface area contributed by atoms with Gasteiger partial charge in [0.05, 0.1) is 16.4 Å². The third-order valence-electron chi connectivity index (χ3n) is 3.02. The molecule has 4 heteroatoms. The van der Waals surface area contributed by atoms with Crippen molar-refractivity contribution in [3.63, 3.8) is 0 Å². The summed E-state index contributed by atoms with van der Waals surface area (Å²) in [5, 5.41) is 5.73. The topological polar surface area (TPSA) is 21.3 Å². The molecule has 1 aromatic heterocycles. The molecule has 0 bridgehead atoms. The van der Waals surface area contributed by atoms with E-state index in [0.717, 1.165) is 25.3 Å². The van der Waals surface area contributed by atoms with Crippen molar-refractivity contribution in [2.75, 3.05) is 13.2 Å². The number of ether oxygens (including phenoxy) is 1. The Kier molecular flexibility index (Phi) is 6.07. The minimum Gasteiger partial charge on any atom is -0.494 e. The Morgan fingerprint density at radius 2 is 1.95 bits per heavy atom. The van der Waals surface area contributed by atoms with Crippen molar-refractivity contribution in [2.45, 2.75) is 26.3 Å². The van der Waals surface area contributed by atoms with Crippen molar-refractivity contribution >= 4 is 27.3 Å². The van der Waals surface area contributed by atoms with E-state index in [1.54, 1.807) is 11.3 Å². The van der Waals surface area contributed by atoms with Gasteiger partial charge in [0, 0.05) is 0 Å². The van der Waals surface area contributed by atoms with Crippen LogP contribution in [0.15, 0.2) is 39.5 Å². The molecule has 0 saturated carbocycles. The van der Waals surface area contributed by atoms with Crippen molar-refractivity contribution in [1.29, 1.82) is 0 Å². The van der Waals surface area contributed by atoms with Gasteiger partial charge >= 0.3 is 0 Å². The highest BCUT2D eigenvalue weighted by atomic mass is 79.9. The van der Waals surface area contributed by atoms with Crippen LogP contribution in [0.3, 0.4) is 0 Å². The first-order valence-electron chi connectivity index (χ1n) is 6.94. The summed E-state index contributed by atoms with van der Waals surface area (Å²) in [5.74, 6) is 0.942. The number of benzene rings is 1. The molecule has 2 rings (SSSR count). The molecule has 0 radical (unpaired) electrons. The summed E-state index contributed by atoms with van der Waals surface area (Å²) in [4.78, 5) is 0. The zero-order valence-corrected chi connectivity index (χ0v) is 14.3. The predicted octanol–water partition coefficient (Wildman–Crippen LogP) is 5.00. The quantitative estimate of drug-likeness (QED) is 0.756. The average Bonchev–Trinajstić information content (AvgIpc) is 2.89. The van der Waals surface area contributed by atoms with E-state index in [4.69, 9.17) is 4.74 Å². The zero-order chi connectivity index (χ0) is 14.4. The van der Waals surface area contributed by atoms with Gasteiger partial charge in [0.15, 0.2) is 0 Å². The minimum atomic E-state index is 0.239. The van der Waals surface area contributed by atoms with E-state index < -0.39 is 0 Å². The van der Waals surface area contributed by atoms with Crippen LogP contribution >= 0.6 is 27.3 Å². The van der Waals surface area contributed by atoms with Gasteiger partial charge in [-0.15, -0.1) is 11.3 Å². The van der Waals surface area contributed by atoms with E-state index in [1.807, 2.05) is 0 Å². The maximum Gasteiger partial charge on any atom is 0.119 e. The lowest BCUT2D eigenvalue weighted by atomic mass is 10.0. The molecule has 0 aliphatic heterocycles. The van der Waals surface area contributed by atoms with Crippen LogP contribution in [0.25, 0.3) is 0 Å². The van der Waals surface area contributed by atoms with Gasteiger partial charge in [-0.1, -0.05) is 26.0 Å². The maximum absolute atomic E-state index is 5.63. The van der Waals surface area contributed by atoms with Crippen molar-refractivity contribution in [1.82, 2.24) is 5.32 Å². The van der Waals surface area contributed by atoms with Gasteiger partial charge < -0.3 is 10.1 Å². The Labute approximate surface area is 133 Å². The van der Waals surface area contributed by atoms with Gasteiger partial charge in [-0.2, -0.15) is 0 Å². The first-order chi connectivity index (χ1) is 9.74.